The number of benzene rings is 2. The predicted octanol–water partition coefficient (Wildman–Crippen LogP) is 4.47. The Morgan fingerprint density at radius 2 is 1.92 bits per heavy atom. The largest absolute Gasteiger partial charge is 0.352 e. The number of amides is 1. The highest BCUT2D eigenvalue weighted by Gasteiger charge is 2.29. The van der Waals surface area contributed by atoms with Crippen molar-refractivity contribution in [2.75, 3.05) is 6.54 Å². The number of hydrogen-bond donors (Lipinski definition) is 2. The SMILES string of the molecule is CCNC(=O)c1ccc(-c2[nH]c(C3CCc4cc(-c5cc(Cl)ccc5-n5cnnn5)cc(=O)n43)nc2Cl)cc1. The number of aromatic nitrogens is 7. The van der Waals surface area contributed by atoms with Gasteiger partial charge in [-0.15, -0.1) is 5.10 Å². The fourth-order valence-electron chi connectivity index (χ4n) is 4.99. The number of fused-ring (bicyclic) bond motifs is 1. The van der Waals surface area contributed by atoms with Crippen molar-refractivity contribution in [2.24, 2.45) is 0 Å². The van der Waals surface area contributed by atoms with Crippen molar-refractivity contribution in [3.8, 4) is 28.1 Å². The first-order valence-corrected chi connectivity index (χ1v) is 13.1. The Morgan fingerprint density at radius 1 is 1.10 bits per heavy atom. The summed E-state index contributed by atoms with van der Waals surface area (Å²) in [5.74, 6) is 0.471. The van der Waals surface area contributed by atoms with Gasteiger partial charge in [0.05, 0.1) is 17.4 Å². The Kier molecular flexibility index (Phi) is 6.49. The van der Waals surface area contributed by atoms with Crippen molar-refractivity contribution in [2.45, 2.75) is 25.8 Å². The Balaban J connectivity index is 1.34. The molecule has 0 radical (unpaired) electrons. The quantitative estimate of drug-likeness (QED) is 0.315. The summed E-state index contributed by atoms with van der Waals surface area (Å²) in [7, 11) is 0. The van der Waals surface area contributed by atoms with E-state index in [4.69, 9.17) is 23.2 Å². The number of H-pyrrole nitrogens is 1. The van der Waals surface area contributed by atoms with Crippen molar-refractivity contribution in [1.82, 2.24) is 40.1 Å². The average Bonchev–Trinajstić information content (AvgIpc) is 3.69. The summed E-state index contributed by atoms with van der Waals surface area (Å²) < 4.78 is 3.29. The number of aromatic amines is 1. The van der Waals surface area contributed by atoms with Gasteiger partial charge >= 0.3 is 0 Å². The van der Waals surface area contributed by atoms with Crippen LogP contribution in [0.15, 0.2) is 65.7 Å². The van der Waals surface area contributed by atoms with Gasteiger partial charge in [0.2, 0.25) is 0 Å². The van der Waals surface area contributed by atoms with Gasteiger partial charge in [-0.05, 0) is 72.2 Å². The van der Waals surface area contributed by atoms with Crippen LogP contribution in [0.25, 0.3) is 28.1 Å². The molecule has 1 aliphatic rings. The molecule has 3 aromatic heterocycles. The fraction of sp³-hybridized carbons (Fsp3) is 0.185. The van der Waals surface area contributed by atoms with E-state index in [1.54, 1.807) is 34.9 Å². The number of carbonyl (C=O) groups is 1. The lowest BCUT2D eigenvalue weighted by Crippen LogP contribution is -2.24. The molecule has 0 saturated heterocycles. The zero-order valence-corrected chi connectivity index (χ0v) is 22.2. The van der Waals surface area contributed by atoms with E-state index < -0.39 is 0 Å². The number of rotatable bonds is 6. The number of nitrogens with zero attached hydrogens (tertiary/aromatic N) is 6. The van der Waals surface area contributed by atoms with Crippen LogP contribution in [0.3, 0.4) is 0 Å². The Morgan fingerprint density at radius 3 is 2.67 bits per heavy atom. The molecular weight excluding hydrogens is 539 g/mol. The molecule has 2 N–H and O–H groups in total. The first-order chi connectivity index (χ1) is 18.9. The maximum Gasteiger partial charge on any atom is 0.252 e. The third-order valence-corrected chi connectivity index (χ3v) is 7.27. The molecule has 0 spiro atoms. The van der Waals surface area contributed by atoms with Gasteiger partial charge in [0.1, 0.15) is 12.2 Å². The fourth-order valence-corrected chi connectivity index (χ4v) is 5.41. The van der Waals surface area contributed by atoms with Crippen LogP contribution < -0.4 is 10.9 Å². The van der Waals surface area contributed by atoms with Gasteiger partial charge < -0.3 is 14.9 Å². The van der Waals surface area contributed by atoms with Crippen LogP contribution in [0.4, 0.5) is 0 Å². The van der Waals surface area contributed by atoms with Crippen LogP contribution in [0, 0.1) is 0 Å². The molecule has 0 aliphatic carbocycles. The lowest BCUT2D eigenvalue weighted by Gasteiger charge is -2.15. The Hall–Kier alpha value is -4.28. The molecule has 1 aliphatic heterocycles. The maximum absolute atomic E-state index is 13.5. The highest BCUT2D eigenvalue weighted by atomic mass is 35.5. The minimum atomic E-state index is -0.291. The van der Waals surface area contributed by atoms with Gasteiger partial charge in [-0.25, -0.2) is 4.98 Å². The summed E-state index contributed by atoms with van der Waals surface area (Å²) in [5.41, 5.74) is 4.90. The second-order valence-corrected chi connectivity index (χ2v) is 9.93. The molecule has 1 unspecified atom stereocenters. The number of nitrogens with one attached hydrogen (secondary N) is 2. The Bertz CT molecular complexity index is 1740. The topological polar surface area (TPSA) is 123 Å². The van der Waals surface area contributed by atoms with Crippen LogP contribution in [-0.4, -0.2) is 47.2 Å². The number of imidazole rings is 1. The number of tetrazole rings is 1. The lowest BCUT2D eigenvalue weighted by molar-refractivity contribution is 0.0956. The second kappa shape index (κ2) is 10.1. The van der Waals surface area contributed by atoms with Crippen molar-refractivity contribution >= 4 is 29.1 Å². The highest BCUT2D eigenvalue weighted by molar-refractivity contribution is 6.32. The second-order valence-electron chi connectivity index (χ2n) is 9.14. The molecule has 6 rings (SSSR count). The molecule has 1 amide bonds. The first kappa shape index (κ1) is 25.0. The smallest absolute Gasteiger partial charge is 0.252 e. The molecule has 5 aromatic rings. The molecule has 39 heavy (non-hydrogen) atoms. The van der Waals surface area contributed by atoms with E-state index in [9.17, 15) is 9.59 Å². The van der Waals surface area contributed by atoms with Crippen molar-refractivity contribution in [3.63, 3.8) is 0 Å². The molecular formula is C27H22Cl2N8O2. The summed E-state index contributed by atoms with van der Waals surface area (Å²) in [5, 5.41) is 15.1. The van der Waals surface area contributed by atoms with Crippen LogP contribution >= 0.6 is 23.2 Å². The third-order valence-electron chi connectivity index (χ3n) is 6.77. The molecule has 10 nitrogen and oxygen atoms in total. The molecule has 12 heteroatoms. The summed E-state index contributed by atoms with van der Waals surface area (Å²) in [4.78, 5) is 33.4. The van der Waals surface area contributed by atoms with Gasteiger partial charge in [0.15, 0.2) is 5.15 Å². The summed E-state index contributed by atoms with van der Waals surface area (Å²) in [6, 6.07) is 15.8. The van der Waals surface area contributed by atoms with E-state index in [-0.39, 0.29) is 17.5 Å². The zero-order valence-electron chi connectivity index (χ0n) is 20.7. The van der Waals surface area contributed by atoms with Gasteiger partial charge in [-0.2, -0.15) is 4.68 Å². The van der Waals surface area contributed by atoms with Gasteiger partial charge in [0.25, 0.3) is 11.5 Å². The van der Waals surface area contributed by atoms with E-state index in [2.05, 4.69) is 30.8 Å². The van der Waals surface area contributed by atoms with E-state index in [0.29, 0.717) is 52.3 Å². The monoisotopic (exact) mass is 560 g/mol. The highest BCUT2D eigenvalue weighted by Crippen LogP contribution is 2.36. The molecule has 2 aromatic carbocycles. The number of carbonyl (C=O) groups excluding carboxylic acids is 1. The van der Waals surface area contributed by atoms with Crippen molar-refractivity contribution < 1.29 is 4.79 Å². The number of hydrogen-bond acceptors (Lipinski definition) is 6. The third kappa shape index (κ3) is 4.62. The predicted molar refractivity (Wildman–Crippen MR) is 147 cm³/mol. The van der Waals surface area contributed by atoms with Gasteiger partial charge in [-0.1, -0.05) is 35.3 Å². The number of aryl methyl sites for hydroxylation is 1. The van der Waals surface area contributed by atoms with E-state index in [1.165, 1.54) is 11.0 Å². The molecule has 196 valence electrons. The van der Waals surface area contributed by atoms with Crippen LogP contribution in [0.5, 0.6) is 0 Å². The molecule has 0 bridgehead atoms. The standard InChI is InChI=1S/C27H22Cl2N8O2/c1-2-30-27(39)16-5-3-15(4-6-16)24-25(29)33-26(32-24)22-10-8-19-11-17(12-23(38)37(19)22)20-13-18(28)7-9-21(20)36-14-31-34-35-36/h3-7,9,11-14,22H,2,8,10H2,1H3,(H,30,39)(H,32,33). The van der Waals surface area contributed by atoms with Gasteiger partial charge in [0, 0.05) is 40.0 Å². The van der Waals surface area contributed by atoms with Crippen LogP contribution in [0.1, 0.15) is 41.3 Å². The average molecular weight is 561 g/mol. The van der Waals surface area contributed by atoms with Crippen molar-refractivity contribution in [3.05, 3.63) is 98.5 Å². The zero-order chi connectivity index (χ0) is 27.1. The molecule has 0 fully saturated rings. The summed E-state index contributed by atoms with van der Waals surface area (Å²) >= 11 is 12.8. The van der Waals surface area contributed by atoms with Gasteiger partial charge in [-0.3, -0.25) is 9.59 Å². The summed E-state index contributed by atoms with van der Waals surface area (Å²) in [6.07, 6.45) is 2.87. The normalized spacial score (nSPS) is 14.4. The number of pyridine rings is 1. The molecule has 0 saturated carbocycles. The Labute approximate surface area is 232 Å². The van der Waals surface area contributed by atoms with Crippen LogP contribution in [0.2, 0.25) is 10.2 Å². The minimum Gasteiger partial charge on any atom is -0.352 e. The lowest BCUT2D eigenvalue weighted by atomic mass is 10.0. The maximum atomic E-state index is 13.5. The first-order valence-electron chi connectivity index (χ1n) is 12.4. The number of halogens is 2. The van der Waals surface area contributed by atoms with Crippen LogP contribution in [-0.2, 0) is 6.42 Å². The van der Waals surface area contributed by atoms with E-state index in [0.717, 1.165) is 22.4 Å². The minimum absolute atomic E-state index is 0.135. The van der Waals surface area contributed by atoms with Crippen molar-refractivity contribution in [1.29, 1.82) is 0 Å². The molecule has 1 atom stereocenters. The van der Waals surface area contributed by atoms with E-state index >= 15 is 0 Å². The van der Waals surface area contributed by atoms with E-state index in [1.807, 2.05) is 31.2 Å². The molecule has 4 heterocycles. The summed E-state index contributed by atoms with van der Waals surface area (Å²) in [6.45, 7) is 2.43.